The second-order valence-electron chi connectivity index (χ2n) is 7.34. The average Bonchev–Trinajstić information content (AvgIpc) is 2.79. The highest BCUT2D eigenvalue weighted by Gasteiger charge is 2.51. The summed E-state index contributed by atoms with van der Waals surface area (Å²) >= 11 is 1.34. The quantitative estimate of drug-likeness (QED) is 0.480. The maximum absolute atomic E-state index is 13.0. The van der Waals surface area contributed by atoms with Gasteiger partial charge in [-0.05, 0) is 6.07 Å². The smallest absolute Gasteiger partial charge is 0.327 e. The lowest BCUT2D eigenvalue weighted by Gasteiger charge is -2.50. The summed E-state index contributed by atoms with van der Waals surface area (Å²) in [6.07, 6.45) is -0.903. The fraction of sp³-hybridized carbons (Fsp3) is 0.550. The van der Waals surface area contributed by atoms with Gasteiger partial charge in [0.05, 0.1) is 43.1 Å². The number of thioether (sulfide) groups is 1. The monoisotopic (exact) mass is 451 g/mol. The van der Waals surface area contributed by atoms with Crippen LogP contribution in [0.5, 0.6) is 5.75 Å². The van der Waals surface area contributed by atoms with E-state index >= 15 is 0 Å². The van der Waals surface area contributed by atoms with Crippen LogP contribution in [0.15, 0.2) is 24.3 Å². The number of carbonyl (C=O) groups excluding carboxylic acids is 3. The molecule has 170 valence electrons. The highest BCUT2D eigenvalue weighted by Crippen LogP contribution is 2.36. The van der Waals surface area contributed by atoms with Crippen LogP contribution in [-0.2, 0) is 14.3 Å². The molecule has 3 N–H and O–H groups in total. The summed E-state index contributed by atoms with van der Waals surface area (Å²) in [6.45, 7) is 0.850. The Kier molecular flexibility index (Phi) is 7.76. The number of urea groups is 1. The lowest BCUT2D eigenvalue weighted by Crippen LogP contribution is -2.72. The number of hydrogen-bond acceptors (Lipinski definition) is 8. The van der Waals surface area contributed by atoms with Gasteiger partial charge in [0.1, 0.15) is 5.75 Å². The Hall–Kier alpha value is -2.34. The summed E-state index contributed by atoms with van der Waals surface area (Å²) in [5.74, 6) is -0.147. The van der Waals surface area contributed by atoms with Crippen molar-refractivity contribution in [3.63, 3.8) is 0 Å². The normalized spacial score (nSPS) is 25.9. The first-order valence-corrected chi connectivity index (χ1v) is 11.0. The number of rotatable bonds is 8. The summed E-state index contributed by atoms with van der Waals surface area (Å²) in [6, 6.07) is 7.17. The van der Waals surface area contributed by atoms with Crippen LogP contribution in [0.3, 0.4) is 0 Å². The first kappa shape index (κ1) is 23.3. The highest BCUT2D eigenvalue weighted by molar-refractivity contribution is 8.00. The van der Waals surface area contributed by atoms with Crippen molar-refractivity contribution in [3.05, 3.63) is 29.8 Å². The van der Waals surface area contributed by atoms with E-state index in [1.54, 1.807) is 21.3 Å². The van der Waals surface area contributed by atoms with Gasteiger partial charge in [0.2, 0.25) is 11.8 Å². The molecule has 0 radical (unpaired) electrons. The van der Waals surface area contributed by atoms with Gasteiger partial charge >= 0.3 is 6.03 Å². The third-order valence-corrected chi connectivity index (χ3v) is 6.65. The number of hydrogen-bond donors (Lipinski definition) is 3. The Bertz CT molecular complexity index is 825. The zero-order valence-electron chi connectivity index (χ0n) is 18.1. The molecule has 2 aliphatic rings. The van der Waals surface area contributed by atoms with Crippen molar-refractivity contribution in [2.24, 2.45) is 5.92 Å². The maximum Gasteiger partial charge on any atom is 0.327 e. The van der Waals surface area contributed by atoms with Crippen LogP contribution >= 0.6 is 11.8 Å². The van der Waals surface area contributed by atoms with Crippen LogP contribution in [-0.4, -0.2) is 86.4 Å². The van der Waals surface area contributed by atoms with E-state index in [2.05, 4.69) is 16.0 Å². The van der Waals surface area contributed by atoms with E-state index in [4.69, 9.17) is 9.47 Å². The third kappa shape index (κ3) is 4.95. The van der Waals surface area contributed by atoms with Gasteiger partial charge in [-0.15, -0.1) is 11.8 Å². The maximum atomic E-state index is 13.0. The van der Waals surface area contributed by atoms with E-state index in [1.165, 1.54) is 23.7 Å². The molecule has 31 heavy (non-hydrogen) atoms. The van der Waals surface area contributed by atoms with Crippen molar-refractivity contribution < 1.29 is 23.9 Å². The van der Waals surface area contributed by atoms with E-state index in [0.29, 0.717) is 18.9 Å². The molecule has 10 nitrogen and oxygen atoms in total. The van der Waals surface area contributed by atoms with E-state index < -0.39 is 17.5 Å². The molecule has 1 aromatic rings. The van der Waals surface area contributed by atoms with Crippen LogP contribution < -0.4 is 20.7 Å². The molecule has 0 aromatic heterocycles. The van der Waals surface area contributed by atoms with Gasteiger partial charge in [-0.25, -0.2) is 4.79 Å². The molecule has 2 saturated heterocycles. The second kappa shape index (κ2) is 10.3. The minimum absolute atomic E-state index is 0.145. The van der Waals surface area contributed by atoms with Crippen molar-refractivity contribution in [1.82, 2.24) is 25.8 Å². The number of fused-ring (bicyclic) bond motifs is 1. The van der Waals surface area contributed by atoms with Crippen LogP contribution in [0.4, 0.5) is 4.79 Å². The number of imide groups is 1. The SMILES string of the molecule is COCCNC(=O)CSC1NC(c2ccccc2OC)NC2C1C(=O)N(C)C(=O)N2C. The first-order chi connectivity index (χ1) is 14.9. The van der Waals surface area contributed by atoms with Crippen molar-refractivity contribution in [2.45, 2.75) is 17.7 Å². The molecular weight excluding hydrogens is 422 g/mol. The third-order valence-electron chi connectivity index (χ3n) is 5.43. The van der Waals surface area contributed by atoms with Gasteiger partial charge in [-0.2, -0.15) is 0 Å². The fourth-order valence-corrected chi connectivity index (χ4v) is 4.93. The molecule has 4 atom stereocenters. The standard InChI is InChI=1S/C20H29N5O5S/c1-24-17-15(19(27)25(2)20(24)28)18(31-11-14(26)21-9-10-29-3)23-16(22-17)12-7-5-6-8-13(12)30-4/h5-8,15-18,22-23H,9-11H2,1-4H3,(H,21,26). The van der Waals surface area contributed by atoms with Crippen LogP contribution in [0.1, 0.15) is 11.7 Å². The molecule has 4 unspecified atom stereocenters. The Morgan fingerprint density at radius 3 is 2.65 bits per heavy atom. The molecule has 4 amide bonds. The largest absolute Gasteiger partial charge is 0.496 e. The molecule has 3 rings (SSSR count). The molecule has 0 spiro atoms. The number of nitrogens with zero attached hydrogens (tertiary/aromatic N) is 2. The minimum Gasteiger partial charge on any atom is -0.496 e. The van der Waals surface area contributed by atoms with E-state index in [-0.39, 0.29) is 29.8 Å². The Labute approximate surface area is 186 Å². The zero-order chi connectivity index (χ0) is 22.5. The summed E-state index contributed by atoms with van der Waals surface area (Å²) in [4.78, 5) is 40.4. The number of amides is 4. The number of carbonyl (C=O) groups is 3. The van der Waals surface area contributed by atoms with Gasteiger partial charge in [-0.3, -0.25) is 25.1 Å². The molecule has 0 aliphatic carbocycles. The van der Waals surface area contributed by atoms with Gasteiger partial charge in [0, 0.05) is 33.3 Å². The van der Waals surface area contributed by atoms with E-state index in [1.807, 2.05) is 24.3 Å². The molecule has 1 aromatic carbocycles. The summed E-state index contributed by atoms with van der Waals surface area (Å²) in [5, 5.41) is 9.19. The predicted octanol–water partition coefficient (Wildman–Crippen LogP) is 0.175. The number of methoxy groups -OCH3 is 2. The Morgan fingerprint density at radius 1 is 1.19 bits per heavy atom. The van der Waals surface area contributed by atoms with Crippen molar-refractivity contribution in [1.29, 1.82) is 0 Å². The van der Waals surface area contributed by atoms with Gasteiger partial charge in [0.15, 0.2) is 0 Å². The minimum atomic E-state index is -0.560. The van der Waals surface area contributed by atoms with Gasteiger partial charge in [0.25, 0.3) is 0 Å². The number of benzene rings is 1. The second-order valence-corrected chi connectivity index (χ2v) is 8.47. The average molecular weight is 452 g/mol. The molecule has 2 fully saturated rings. The molecular formula is C20H29N5O5S. The molecule has 11 heteroatoms. The molecule has 2 aliphatic heterocycles. The van der Waals surface area contributed by atoms with Crippen LogP contribution in [0.25, 0.3) is 0 Å². The lowest BCUT2D eigenvalue weighted by atomic mass is 9.95. The van der Waals surface area contributed by atoms with Gasteiger partial charge < -0.3 is 19.7 Å². The summed E-state index contributed by atoms with van der Waals surface area (Å²) in [5.41, 5.74) is 0.853. The van der Waals surface area contributed by atoms with Crippen molar-refractivity contribution >= 4 is 29.6 Å². The van der Waals surface area contributed by atoms with E-state index in [0.717, 1.165) is 10.5 Å². The molecule has 0 saturated carbocycles. The number of ether oxygens (including phenoxy) is 2. The predicted molar refractivity (Wildman–Crippen MR) is 116 cm³/mol. The van der Waals surface area contributed by atoms with Crippen molar-refractivity contribution in [3.8, 4) is 5.75 Å². The topological polar surface area (TPSA) is 112 Å². The number of nitrogens with one attached hydrogen (secondary N) is 3. The zero-order valence-corrected chi connectivity index (χ0v) is 18.9. The molecule has 2 heterocycles. The Morgan fingerprint density at radius 2 is 1.94 bits per heavy atom. The fourth-order valence-electron chi connectivity index (χ4n) is 3.79. The molecule has 0 bridgehead atoms. The van der Waals surface area contributed by atoms with Crippen LogP contribution in [0.2, 0.25) is 0 Å². The van der Waals surface area contributed by atoms with Gasteiger partial charge in [-0.1, -0.05) is 18.2 Å². The Balaban J connectivity index is 1.83. The lowest BCUT2D eigenvalue weighted by molar-refractivity contribution is -0.140. The number of para-hydroxylation sites is 1. The van der Waals surface area contributed by atoms with Crippen molar-refractivity contribution in [2.75, 3.05) is 47.2 Å². The van der Waals surface area contributed by atoms with Crippen LogP contribution in [0, 0.1) is 5.92 Å². The highest BCUT2D eigenvalue weighted by atomic mass is 32.2. The summed E-state index contributed by atoms with van der Waals surface area (Å²) < 4.78 is 10.4. The van der Waals surface area contributed by atoms with E-state index in [9.17, 15) is 14.4 Å². The summed E-state index contributed by atoms with van der Waals surface area (Å²) in [7, 11) is 6.30. The first-order valence-electron chi connectivity index (χ1n) is 9.95.